The van der Waals surface area contributed by atoms with Crippen molar-refractivity contribution in [3.8, 4) is 5.69 Å². The molecule has 0 fully saturated rings. The zero-order valence-electron chi connectivity index (χ0n) is 16.3. The first kappa shape index (κ1) is 19.2. The van der Waals surface area contributed by atoms with E-state index < -0.39 is 0 Å². The molecule has 2 amide bonds. The molecule has 0 saturated carbocycles. The van der Waals surface area contributed by atoms with Crippen LogP contribution >= 0.6 is 0 Å². The van der Waals surface area contributed by atoms with Crippen LogP contribution in [0.5, 0.6) is 0 Å². The highest BCUT2D eigenvalue weighted by Crippen LogP contribution is 2.17. The summed E-state index contributed by atoms with van der Waals surface area (Å²) in [7, 11) is 0. The standard InChI is InChI=1S/C23H20N4O3/c1-16(17-6-10-20(11-7-17)27-13-12-24-15-27)25-22(28)18-4-8-19(9-5-18)26-23(29)21-3-2-14-30-21/h2-16H,1H3,(H,25,28)(H,26,29). The summed E-state index contributed by atoms with van der Waals surface area (Å²) in [5.74, 6) is -0.306. The number of rotatable bonds is 6. The molecule has 30 heavy (non-hydrogen) atoms. The largest absolute Gasteiger partial charge is 0.459 e. The van der Waals surface area contributed by atoms with E-state index in [1.165, 1.54) is 6.26 Å². The lowest BCUT2D eigenvalue weighted by atomic mass is 10.1. The van der Waals surface area contributed by atoms with E-state index in [1.807, 2.05) is 42.0 Å². The van der Waals surface area contributed by atoms with Gasteiger partial charge in [0.05, 0.1) is 18.6 Å². The number of benzene rings is 2. The molecule has 2 heterocycles. The number of nitrogens with zero attached hydrogens (tertiary/aromatic N) is 2. The molecule has 0 bridgehead atoms. The molecule has 2 aromatic carbocycles. The number of furan rings is 1. The van der Waals surface area contributed by atoms with E-state index in [2.05, 4.69) is 15.6 Å². The van der Waals surface area contributed by atoms with E-state index in [0.29, 0.717) is 11.3 Å². The first-order valence-electron chi connectivity index (χ1n) is 9.44. The van der Waals surface area contributed by atoms with Crippen LogP contribution in [0.1, 0.15) is 39.4 Å². The molecule has 7 nitrogen and oxygen atoms in total. The van der Waals surface area contributed by atoms with Crippen molar-refractivity contribution in [1.29, 1.82) is 0 Å². The van der Waals surface area contributed by atoms with Crippen molar-refractivity contribution >= 4 is 17.5 Å². The summed E-state index contributed by atoms with van der Waals surface area (Å²) in [6.45, 7) is 1.93. The van der Waals surface area contributed by atoms with Crippen molar-refractivity contribution in [2.24, 2.45) is 0 Å². The summed E-state index contributed by atoms with van der Waals surface area (Å²) < 4.78 is 6.98. The average molecular weight is 400 g/mol. The van der Waals surface area contributed by atoms with E-state index in [9.17, 15) is 9.59 Å². The van der Waals surface area contributed by atoms with E-state index in [-0.39, 0.29) is 23.6 Å². The Labute approximate surface area is 173 Å². The van der Waals surface area contributed by atoms with Crippen LogP contribution in [0.15, 0.2) is 90.1 Å². The minimum absolute atomic E-state index is 0.160. The Morgan fingerprint density at radius 1 is 1.00 bits per heavy atom. The Balaban J connectivity index is 1.36. The summed E-state index contributed by atoms with van der Waals surface area (Å²) in [6, 6.07) is 17.7. The fraction of sp³-hybridized carbons (Fsp3) is 0.0870. The minimum Gasteiger partial charge on any atom is -0.459 e. The summed E-state index contributed by atoms with van der Waals surface area (Å²) in [6.07, 6.45) is 6.78. The average Bonchev–Trinajstić information content (AvgIpc) is 3.48. The van der Waals surface area contributed by atoms with Gasteiger partial charge in [-0.2, -0.15) is 0 Å². The van der Waals surface area contributed by atoms with Gasteiger partial charge < -0.3 is 19.6 Å². The monoisotopic (exact) mass is 400 g/mol. The van der Waals surface area contributed by atoms with Gasteiger partial charge in [0.2, 0.25) is 0 Å². The van der Waals surface area contributed by atoms with Crippen LogP contribution < -0.4 is 10.6 Å². The number of imidazole rings is 1. The molecule has 7 heteroatoms. The van der Waals surface area contributed by atoms with Gasteiger partial charge in [-0.1, -0.05) is 12.1 Å². The van der Waals surface area contributed by atoms with Crippen molar-refractivity contribution in [2.75, 3.05) is 5.32 Å². The van der Waals surface area contributed by atoms with Crippen molar-refractivity contribution in [3.05, 3.63) is 103 Å². The van der Waals surface area contributed by atoms with Crippen molar-refractivity contribution < 1.29 is 14.0 Å². The third kappa shape index (κ3) is 4.30. The Morgan fingerprint density at radius 3 is 2.40 bits per heavy atom. The molecule has 4 aromatic rings. The van der Waals surface area contributed by atoms with Gasteiger partial charge in [-0.15, -0.1) is 0 Å². The molecule has 0 aliphatic carbocycles. The van der Waals surface area contributed by atoms with Crippen LogP contribution in [0.25, 0.3) is 5.69 Å². The third-order valence-electron chi connectivity index (χ3n) is 4.69. The van der Waals surface area contributed by atoms with Crippen LogP contribution in [0.4, 0.5) is 5.69 Å². The SMILES string of the molecule is CC(NC(=O)c1ccc(NC(=O)c2ccco2)cc1)c1ccc(-n2ccnc2)cc1. The Kier molecular flexibility index (Phi) is 5.43. The Hall–Kier alpha value is -4.13. The highest BCUT2D eigenvalue weighted by molar-refractivity contribution is 6.02. The molecule has 1 unspecified atom stereocenters. The van der Waals surface area contributed by atoms with E-state index in [0.717, 1.165) is 11.3 Å². The van der Waals surface area contributed by atoms with Crippen LogP contribution in [0, 0.1) is 0 Å². The molecule has 0 saturated heterocycles. The molecule has 1 atom stereocenters. The second-order valence-electron chi connectivity index (χ2n) is 6.77. The van der Waals surface area contributed by atoms with Gasteiger partial charge in [-0.25, -0.2) is 4.98 Å². The van der Waals surface area contributed by atoms with Gasteiger partial charge in [0.15, 0.2) is 5.76 Å². The van der Waals surface area contributed by atoms with Crippen molar-refractivity contribution in [3.63, 3.8) is 0 Å². The quantitative estimate of drug-likeness (QED) is 0.507. The first-order chi connectivity index (χ1) is 14.6. The molecular weight excluding hydrogens is 380 g/mol. The smallest absolute Gasteiger partial charge is 0.291 e. The molecule has 2 aromatic heterocycles. The number of hydrogen-bond donors (Lipinski definition) is 2. The fourth-order valence-corrected chi connectivity index (χ4v) is 3.02. The molecule has 150 valence electrons. The Bertz CT molecular complexity index is 1120. The summed E-state index contributed by atoms with van der Waals surface area (Å²) in [5.41, 5.74) is 3.08. The van der Waals surface area contributed by atoms with Gasteiger partial charge in [-0.05, 0) is 61.0 Å². The van der Waals surface area contributed by atoms with E-state index in [4.69, 9.17) is 4.42 Å². The lowest BCUT2D eigenvalue weighted by Gasteiger charge is -2.15. The molecule has 2 N–H and O–H groups in total. The maximum atomic E-state index is 12.6. The zero-order valence-corrected chi connectivity index (χ0v) is 16.3. The molecule has 0 aliphatic rings. The van der Waals surface area contributed by atoms with Crippen LogP contribution in [-0.4, -0.2) is 21.4 Å². The molecule has 0 spiro atoms. The number of amides is 2. The number of aromatic nitrogens is 2. The highest BCUT2D eigenvalue weighted by atomic mass is 16.3. The lowest BCUT2D eigenvalue weighted by molar-refractivity contribution is 0.0939. The molecule has 4 rings (SSSR count). The summed E-state index contributed by atoms with van der Waals surface area (Å²) >= 11 is 0. The summed E-state index contributed by atoms with van der Waals surface area (Å²) in [5, 5.41) is 5.71. The molecule has 0 aliphatic heterocycles. The predicted octanol–water partition coefficient (Wildman–Crippen LogP) is 4.21. The third-order valence-corrected chi connectivity index (χ3v) is 4.69. The van der Waals surface area contributed by atoms with Gasteiger partial charge >= 0.3 is 0 Å². The number of carbonyl (C=O) groups excluding carboxylic acids is 2. The summed E-state index contributed by atoms with van der Waals surface area (Å²) in [4.78, 5) is 28.6. The fourth-order valence-electron chi connectivity index (χ4n) is 3.02. The van der Waals surface area contributed by atoms with E-state index >= 15 is 0 Å². The second kappa shape index (κ2) is 8.48. The van der Waals surface area contributed by atoms with E-state index in [1.54, 1.807) is 48.9 Å². The maximum absolute atomic E-state index is 12.6. The van der Waals surface area contributed by atoms with Gasteiger partial charge in [0, 0.05) is 29.3 Å². The van der Waals surface area contributed by atoms with Crippen LogP contribution in [0.2, 0.25) is 0 Å². The molecular formula is C23H20N4O3. The number of nitrogens with one attached hydrogen (secondary N) is 2. The van der Waals surface area contributed by atoms with Crippen LogP contribution in [0.3, 0.4) is 0 Å². The minimum atomic E-state index is -0.343. The number of hydrogen-bond acceptors (Lipinski definition) is 4. The molecule has 0 radical (unpaired) electrons. The predicted molar refractivity (Wildman–Crippen MR) is 113 cm³/mol. The second-order valence-corrected chi connectivity index (χ2v) is 6.77. The van der Waals surface area contributed by atoms with Gasteiger partial charge in [0.25, 0.3) is 11.8 Å². The van der Waals surface area contributed by atoms with Gasteiger partial charge in [0.1, 0.15) is 0 Å². The van der Waals surface area contributed by atoms with Gasteiger partial charge in [-0.3, -0.25) is 9.59 Å². The van der Waals surface area contributed by atoms with Crippen molar-refractivity contribution in [2.45, 2.75) is 13.0 Å². The first-order valence-corrected chi connectivity index (χ1v) is 9.44. The number of anilines is 1. The normalized spacial score (nSPS) is 11.6. The lowest BCUT2D eigenvalue weighted by Crippen LogP contribution is -2.26. The van der Waals surface area contributed by atoms with Crippen molar-refractivity contribution in [1.82, 2.24) is 14.9 Å². The number of carbonyl (C=O) groups is 2. The Morgan fingerprint density at radius 2 is 1.77 bits per heavy atom. The maximum Gasteiger partial charge on any atom is 0.291 e. The zero-order chi connectivity index (χ0) is 20.9. The highest BCUT2D eigenvalue weighted by Gasteiger charge is 2.13. The topological polar surface area (TPSA) is 89.2 Å². The van der Waals surface area contributed by atoms with Crippen LogP contribution in [-0.2, 0) is 0 Å².